The van der Waals surface area contributed by atoms with Crippen LogP contribution in [0.15, 0.2) is 51.8 Å². The highest BCUT2D eigenvalue weighted by Gasteiger charge is 2.18. The van der Waals surface area contributed by atoms with E-state index in [1.807, 2.05) is 0 Å². The van der Waals surface area contributed by atoms with Crippen molar-refractivity contribution >= 4 is 43.0 Å². The number of rotatable bonds is 4. The molecule has 0 saturated carbocycles. The quantitative estimate of drug-likeness (QED) is 0.486. The fourth-order valence-corrected chi connectivity index (χ4v) is 3.19. The molecule has 0 spiro atoms. The van der Waals surface area contributed by atoms with Crippen molar-refractivity contribution in [2.24, 2.45) is 0 Å². The van der Waals surface area contributed by atoms with Gasteiger partial charge >= 0.3 is 0 Å². The summed E-state index contributed by atoms with van der Waals surface area (Å²) >= 11 is 3.15. The smallest absolute Gasteiger partial charge is 0.271 e. The van der Waals surface area contributed by atoms with E-state index in [4.69, 9.17) is 5.73 Å². The van der Waals surface area contributed by atoms with Crippen LogP contribution in [0.3, 0.4) is 0 Å². The van der Waals surface area contributed by atoms with E-state index in [2.05, 4.69) is 20.7 Å². The zero-order valence-corrected chi connectivity index (χ0v) is 12.9. The molecule has 0 unspecified atom stereocenters. The molecule has 0 radical (unpaired) electrons. The van der Waals surface area contributed by atoms with Crippen molar-refractivity contribution in [1.29, 1.82) is 0 Å². The molecule has 0 atom stereocenters. The van der Waals surface area contributed by atoms with Crippen molar-refractivity contribution in [3.63, 3.8) is 0 Å². The highest BCUT2D eigenvalue weighted by atomic mass is 79.9. The molecule has 0 aliphatic heterocycles. The average molecular weight is 372 g/mol. The molecule has 0 aliphatic rings. The second kappa shape index (κ2) is 5.70. The lowest BCUT2D eigenvalue weighted by molar-refractivity contribution is -0.384. The largest absolute Gasteiger partial charge is 0.399 e. The van der Waals surface area contributed by atoms with Crippen LogP contribution in [0.25, 0.3) is 0 Å². The van der Waals surface area contributed by atoms with Gasteiger partial charge < -0.3 is 5.73 Å². The summed E-state index contributed by atoms with van der Waals surface area (Å²) < 4.78 is 27.1. The van der Waals surface area contributed by atoms with Crippen LogP contribution >= 0.6 is 15.9 Å². The van der Waals surface area contributed by atoms with Crippen LogP contribution in [0, 0.1) is 10.1 Å². The predicted molar refractivity (Wildman–Crippen MR) is 82.5 cm³/mol. The Morgan fingerprint density at radius 1 is 1.19 bits per heavy atom. The summed E-state index contributed by atoms with van der Waals surface area (Å²) in [6.07, 6.45) is 0. The topological polar surface area (TPSA) is 115 Å². The van der Waals surface area contributed by atoms with Gasteiger partial charge in [-0.3, -0.25) is 14.8 Å². The fourth-order valence-electron chi connectivity index (χ4n) is 1.59. The molecule has 2 aromatic rings. The van der Waals surface area contributed by atoms with Gasteiger partial charge in [0, 0.05) is 22.3 Å². The first-order valence-electron chi connectivity index (χ1n) is 5.62. The Morgan fingerprint density at radius 3 is 2.52 bits per heavy atom. The molecule has 0 heterocycles. The molecule has 7 nitrogen and oxygen atoms in total. The van der Waals surface area contributed by atoms with E-state index in [0.29, 0.717) is 10.2 Å². The molecule has 3 N–H and O–H groups in total. The highest BCUT2D eigenvalue weighted by Crippen LogP contribution is 2.29. The second-order valence-corrected chi connectivity index (χ2v) is 6.64. The Bertz CT molecular complexity index is 808. The molecule has 21 heavy (non-hydrogen) atoms. The van der Waals surface area contributed by atoms with Crippen LogP contribution in [0.1, 0.15) is 0 Å². The lowest BCUT2D eigenvalue weighted by Gasteiger charge is -2.10. The van der Waals surface area contributed by atoms with Gasteiger partial charge in [-0.2, -0.15) is 0 Å². The number of nitrogens with one attached hydrogen (secondary N) is 1. The molecule has 0 bridgehead atoms. The van der Waals surface area contributed by atoms with E-state index in [1.165, 1.54) is 30.3 Å². The summed E-state index contributed by atoms with van der Waals surface area (Å²) in [5.41, 5.74) is 5.71. The summed E-state index contributed by atoms with van der Waals surface area (Å²) in [7, 11) is -3.88. The van der Waals surface area contributed by atoms with Crippen molar-refractivity contribution in [3.05, 3.63) is 57.1 Å². The molecule has 2 aromatic carbocycles. The predicted octanol–water partition coefficient (Wildman–Crippen LogP) is 2.74. The Kier molecular flexibility index (Phi) is 4.14. The van der Waals surface area contributed by atoms with Crippen LogP contribution < -0.4 is 10.5 Å². The lowest BCUT2D eigenvalue weighted by atomic mass is 10.3. The molecule has 0 aliphatic carbocycles. The zero-order valence-electron chi connectivity index (χ0n) is 10.5. The molecule has 0 aromatic heterocycles. The van der Waals surface area contributed by atoms with E-state index in [-0.39, 0.29) is 16.3 Å². The summed E-state index contributed by atoms with van der Waals surface area (Å²) in [4.78, 5) is 10.1. The van der Waals surface area contributed by atoms with Gasteiger partial charge in [-0.05, 0) is 40.2 Å². The number of nitro groups is 1. The molecule has 0 saturated heterocycles. The molecule has 2 rings (SSSR count). The van der Waals surface area contributed by atoms with Crippen molar-refractivity contribution in [2.45, 2.75) is 4.90 Å². The Balaban J connectivity index is 2.41. The van der Waals surface area contributed by atoms with Gasteiger partial charge in [-0.1, -0.05) is 6.07 Å². The number of nitrogens with zero attached hydrogens (tertiary/aromatic N) is 1. The van der Waals surface area contributed by atoms with Gasteiger partial charge in [0.05, 0.1) is 15.5 Å². The monoisotopic (exact) mass is 371 g/mol. The summed E-state index contributed by atoms with van der Waals surface area (Å²) in [6, 6.07) is 9.54. The Hall–Kier alpha value is -2.13. The van der Waals surface area contributed by atoms with Gasteiger partial charge in [0.15, 0.2) is 0 Å². The van der Waals surface area contributed by atoms with Gasteiger partial charge in [0.2, 0.25) is 0 Å². The number of halogens is 1. The van der Waals surface area contributed by atoms with Crippen molar-refractivity contribution in [3.8, 4) is 0 Å². The normalized spacial score (nSPS) is 11.1. The van der Waals surface area contributed by atoms with Crippen LogP contribution in [0.5, 0.6) is 0 Å². The molecule has 0 fully saturated rings. The maximum atomic E-state index is 12.2. The number of non-ortho nitro benzene ring substituents is 1. The first kappa shape index (κ1) is 15.3. The Morgan fingerprint density at radius 2 is 1.90 bits per heavy atom. The first-order valence-corrected chi connectivity index (χ1v) is 7.89. The van der Waals surface area contributed by atoms with E-state index >= 15 is 0 Å². The molecule has 0 amide bonds. The third-order valence-corrected chi connectivity index (χ3v) is 4.63. The third-order valence-electron chi connectivity index (χ3n) is 2.57. The Labute approximate surface area is 129 Å². The van der Waals surface area contributed by atoms with Crippen molar-refractivity contribution in [1.82, 2.24) is 0 Å². The third kappa shape index (κ3) is 3.50. The van der Waals surface area contributed by atoms with Crippen LogP contribution in [-0.2, 0) is 10.0 Å². The number of nitrogen functional groups attached to an aromatic ring is 1. The van der Waals surface area contributed by atoms with Crippen LogP contribution in [0.4, 0.5) is 17.1 Å². The van der Waals surface area contributed by atoms with Crippen LogP contribution in [0.2, 0.25) is 0 Å². The van der Waals surface area contributed by atoms with E-state index in [9.17, 15) is 18.5 Å². The molecule has 9 heteroatoms. The molecular weight excluding hydrogens is 362 g/mol. The first-order chi connectivity index (χ1) is 9.79. The van der Waals surface area contributed by atoms with Crippen molar-refractivity contribution in [2.75, 3.05) is 10.5 Å². The van der Waals surface area contributed by atoms with Gasteiger partial charge in [0.1, 0.15) is 0 Å². The number of hydrogen-bond donors (Lipinski definition) is 2. The van der Waals surface area contributed by atoms with Crippen molar-refractivity contribution < 1.29 is 13.3 Å². The summed E-state index contributed by atoms with van der Waals surface area (Å²) in [5, 5.41) is 10.7. The minimum absolute atomic E-state index is 0.0269. The number of benzene rings is 2. The lowest BCUT2D eigenvalue weighted by Crippen LogP contribution is -2.13. The molecular formula is C12H10BrN3O4S. The number of nitrogens with two attached hydrogens (primary N) is 1. The van der Waals surface area contributed by atoms with Gasteiger partial charge in [0.25, 0.3) is 15.7 Å². The zero-order chi connectivity index (χ0) is 15.6. The highest BCUT2D eigenvalue weighted by molar-refractivity contribution is 9.10. The maximum absolute atomic E-state index is 12.2. The SMILES string of the molecule is Nc1cccc(S(=O)(=O)Nc2cc([N+](=O)[O-])ccc2Br)c1. The number of anilines is 2. The van der Waals surface area contributed by atoms with E-state index in [1.54, 1.807) is 6.07 Å². The van der Waals surface area contributed by atoms with E-state index < -0.39 is 14.9 Å². The number of sulfonamides is 1. The van der Waals surface area contributed by atoms with Crippen LogP contribution in [-0.4, -0.2) is 13.3 Å². The number of hydrogen-bond acceptors (Lipinski definition) is 5. The summed E-state index contributed by atoms with van der Waals surface area (Å²) in [6.45, 7) is 0. The molecule has 110 valence electrons. The fraction of sp³-hybridized carbons (Fsp3) is 0. The van der Waals surface area contributed by atoms with Gasteiger partial charge in [-0.15, -0.1) is 0 Å². The minimum atomic E-state index is -3.88. The maximum Gasteiger partial charge on any atom is 0.271 e. The second-order valence-electron chi connectivity index (χ2n) is 4.10. The van der Waals surface area contributed by atoms with Gasteiger partial charge in [-0.25, -0.2) is 8.42 Å². The van der Waals surface area contributed by atoms with E-state index in [0.717, 1.165) is 6.07 Å². The standard InChI is InChI=1S/C12H10BrN3O4S/c13-11-5-4-9(16(17)18)7-12(11)15-21(19,20)10-3-1-2-8(14)6-10/h1-7,15H,14H2. The number of nitro benzene ring substituents is 1. The average Bonchev–Trinajstić information content (AvgIpc) is 2.41. The summed E-state index contributed by atoms with van der Waals surface area (Å²) in [5.74, 6) is 0. The minimum Gasteiger partial charge on any atom is -0.399 e.